The molecule has 0 saturated carbocycles. The molecule has 1 N–H and O–H groups in total. The molecule has 1 amide bonds. The molecule has 6 aromatic rings. The van der Waals surface area contributed by atoms with Crippen LogP contribution in [0.15, 0.2) is 109 Å². The summed E-state index contributed by atoms with van der Waals surface area (Å²) in [5.74, 6) is -0.00850. The molecule has 3 heterocycles. The molecule has 0 atom stereocenters. The molecule has 0 spiro atoms. The summed E-state index contributed by atoms with van der Waals surface area (Å²) in [7, 11) is 0. The van der Waals surface area contributed by atoms with Gasteiger partial charge in [-0.3, -0.25) is 4.79 Å². The van der Waals surface area contributed by atoms with Gasteiger partial charge in [0.2, 0.25) is 5.91 Å². The van der Waals surface area contributed by atoms with Gasteiger partial charge in [-0.2, -0.15) is 0 Å². The Morgan fingerprint density at radius 2 is 1.57 bits per heavy atom. The molecule has 0 fully saturated rings. The number of imidazole rings is 1. The maximum atomic E-state index is 12.7. The number of fused-ring (bicyclic) bond motifs is 2. The lowest BCUT2D eigenvalue weighted by molar-refractivity contribution is -0.116. The number of rotatable bonds is 6. The molecule has 0 bridgehead atoms. The predicted octanol–water partition coefficient (Wildman–Crippen LogP) is 7.45. The van der Waals surface area contributed by atoms with Crippen molar-refractivity contribution in [2.75, 3.05) is 5.32 Å². The molecule has 0 unspecified atom stereocenters. The first-order chi connectivity index (χ1) is 17.2. The van der Waals surface area contributed by atoms with Crippen molar-refractivity contribution in [2.45, 2.75) is 12.8 Å². The van der Waals surface area contributed by atoms with Crippen molar-refractivity contribution in [3.8, 4) is 21.7 Å². The van der Waals surface area contributed by atoms with E-state index in [1.54, 1.807) is 11.3 Å². The van der Waals surface area contributed by atoms with Crippen LogP contribution in [-0.4, -0.2) is 15.3 Å². The fourth-order valence-corrected chi connectivity index (χ4v) is 5.46. The molecular weight excluding hydrogens is 450 g/mol. The van der Waals surface area contributed by atoms with E-state index in [1.807, 2.05) is 48.5 Å². The third kappa shape index (κ3) is 4.34. The Labute approximate surface area is 207 Å². The molecule has 5 heteroatoms. The fourth-order valence-electron chi connectivity index (χ4n) is 4.41. The lowest BCUT2D eigenvalue weighted by Gasteiger charge is -2.08. The van der Waals surface area contributed by atoms with Crippen LogP contribution >= 0.6 is 11.3 Å². The molecule has 0 radical (unpaired) electrons. The zero-order valence-corrected chi connectivity index (χ0v) is 19.8. The predicted molar refractivity (Wildman–Crippen MR) is 145 cm³/mol. The van der Waals surface area contributed by atoms with E-state index < -0.39 is 0 Å². The summed E-state index contributed by atoms with van der Waals surface area (Å²) in [6.45, 7) is 0. The quantitative estimate of drug-likeness (QED) is 0.273. The minimum absolute atomic E-state index is 0.00850. The molecule has 0 aliphatic rings. The number of thiophene rings is 1. The molecule has 3 aromatic carbocycles. The summed E-state index contributed by atoms with van der Waals surface area (Å²) in [5, 5.41) is 4.25. The maximum absolute atomic E-state index is 12.7. The van der Waals surface area contributed by atoms with Gasteiger partial charge < -0.3 is 9.72 Å². The molecule has 0 saturated heterocycles. The highest BCUT2D eigenvalue weighted by Gasteiger charge is 2.17. The van der Waals surface area contributed by atoms with Gasteiger partial charge in [0, 0.05) is 39.0 Å². The zero-order valence-electron chi connectivity index (χ0n) is 19.0. The first kappa shape index (κ1) is 21.3. The van der Waals surface area contributed by atoms with Crippen LogP contribution in [0.3, 0.4) is 0 Å². The Morgan fingerprint density at radius 3 is 2.37 bits per heavy atom. The van der Waals surface area contributed by atoms with Crippen LogP contribution in [0.5, 0.6) is 0 Å². The second-order valence-corrected chi connectivity index (χ2v) is 9.57. The molecule has 6 rings (SSSR count). The Morgan fingerprint density at radius 1 is 0.829 bits per heavy atom. The number of anilines is 1. The molecular formula is C30H23N3OS. The van der Waals surface area contributed by atoms with Gasteiger partial charge in [0.25, 0.3) is 0 Å². The smallest absolute Gasteiger partial charge is 0.224 e. The third-order valence-electron chi connectivity index (χ3n) is 6.12. The lowest BCUT2D eigenvalue weighted by atomic mass is 10.1. The SMILES string of the molecule is O=C(CCc1c(-c2ccccc2)nc2ccc(-c3cc4ccccc4s3)cn12)Nc1ccccc1. The van der Waals surface area contributed by atoms with Crippen LogP contribution in [0.2, 0.25) is 0 Å². The maximum Gasteiger partial charge on any atom is 0.224 e. The number of nitrogens with zero attached hydrogens (tertiary/aromatic N) is 2. The zero-order chi connectivity index (χ0) is 23.6. The number of para-hydroxylation sites is 1. The molecule has 170 valence electrons. The van der Waals surface area contributed by atoms with E-state index >= 15 is 0 Å². The third-order valence-corrected chi connectivity index (χ3v) is 7.29. The average Bonchev–Trinajstić information content (AvgIpc) is 3.50. The largest absolute Gasteiger partial charge is 0.326 e. The fraction of sp³-hybridized carbons (Fsp3) is 0.0667. The summed E-state index contributed by atoms with van der Waals surface area (Å²) in [5.41, 5.74) is 5.85. The number of hydrogen-bond acceptors (Lipinski definition) is 3. The average molecular weight is 474 g/mol. The number of aryl methyl sites for hydroxylation is 1. The van der Waals surface area contributed by atoms with Crippen molar-refractivity contribution in [1.82, 2.24) is 9.38 Å². The number of carbonyl (C=O) groups is 1. The van der Waals surface area contributed by atoms with Gasteiger partial charge in [-0.05, 0) is 48.2 Å². The Kier molecular flexibility index (Phi) is 5.60. The summed E-state index contributed by atoms with van der Waals surface area (Å²) in [4.78, 5) is 18.9. The van der Waals surface area contributed by atoms with Crippen molar-refractivity contribution in [3.05, 3.63) is 115 Å². The van der Waals surface area contributed by atoms with Crippen LogP contribution in [-0.2, 0) is 11.2 Å². The van der Waals surface area contributed by atoms with Gasteiger partial charge >= 0.3 is 0 Å². The van der Waals surface area contributed by atoms with E-state index in [4.69, 9.17) is 4.98 Å². The highest BCUT2D eigenvalue weighted by atomic mass is 32.1. The summed E-state index contributed by atoms with van der Waals surface area (Å²) >= 11 is 1.79. The number of nitrogens with one attached hydrogen (secondary N) is 1. The molecule has 3 aromatic heterocycles. The second-order valence-electron chi connectivity index (χ2n) is 8.48. The van der Waals surface area contributed by atoms with Crippen LogP contribution in [0.25, 0.3) is 37.4 Å². The number of aromatic nitrogens is 2. The van der Waals surface area contributed by atoms with Gasteiger partial charge in [0.05, 0.1) is 11.4 Å². The summed E-state index contributed by atoms with van der Waals surface area (Å²) in [6.07, 6.45) is 3.11. The van der Waals surface area contributed by atoms with E-state index in [0.717, 1.165) is 33.8 Å². The van der Waals surface area contributed by atoms with Crippen molar-refractivity contribution in [3.63, 3.8) is 0 Å². The highest BCUT2D eigenvalue weighted by molar-refractivity contribution is 7.22. The van der Waals surface area contributed by atoms with Crippen LogP contribution in [0, 0.1) is 0 Å². The molecule has 0 aliphatic carbocycles. The van der Waals surface area contributed by atoms with E-state index in [-0.39, 0.29) is 5.91 Å². The molecule has 0 aliphatic heterocycles. The Hall–Kier alpha value is -4.22. The van der Waals surface area contributed by atoms with Crippen molar-refractivity contribution in [2.24, 2.45) is 0 Å². The number of hydrogen-bond donors (Lipinski definition) is 1. The molecule has 4 nitrogen and oxygen atoms in total. The number of amides is 1. The second kappa shape index (κ2) is 9.20. The van der Waals surface area contributed by atoms with Gasteiger partial charge in [-0.15, -0.1) is 11.3 Å². The lowest BCUT2D eigenvalue weighted by Crippen LogP contribution is -2.13. The van der Waals surface area contributed by atoms with Crippen LogP contribution in [0.1, 0.15) is 12.1 Å². The van der Waals surface area contributed by atoms with E-state index in [9.17, 15) is 4.79 Å². The highest BCUT2D eigenvalue weighted by Crippen LogP contribution is 2.34. The number of pyridine rings is 1. The van der Waals surface area contributed by atoms with Gasteiger partial charge in [0.15, 0.2) is 0 Å². The van der Waals surface area contributed by atoms with Crippen molar-refractivity contribution < 1.29 is 4.79 Å². The minimum Gasteiger partial charge on any atom is -0.326 e. The number of benzene rings is 3. The Bertz CT molecular complexity index is 1600. The normalized spacial score (nSPS) is 11.2. The van der Waals surface area contributed by atoms with Crippen molar-refractivity contribution in [1.29, 1.82) is 0 Å². The van der Waals surface area contributed by atoms with Gasteiger partial charge in [-0.25, -0.2) is 4.98 Å². The van der Waals surface area contributed by atoms with Crippen LogP contribution < -0.4 is 5.32 Å². The minimum atomic E-state index is -0.00850. The molecule has 35 heavy (non-hydrogen) atoms. The van der Waals surface area contributed by atoms with Gasteiger partial charge in [-0.1, -0.05) is 66.7 Å². The number of carbonyl (C=O) groups excluding carboxylic acids is 1. The van der Waals surface area contributed by atoms with E-state index in [1.165, 1.54) is 15.0 Å². The van der Waals surface area contributed by atoms with E-state index in [0.29, 0.717) is 12.8 Å². The summed E-state index contributed by atoms with van der Waals surface area (Å²) in [6, 6.07) is 34.7. The monoisotopic (exact) mass is 473 g/mol. The van der Waals surface area contributed by atoms with Crippen LogP contribution in [0.4, 0.5) is 5.69 Å². The Balaban J connectivity index is 1.38. The standard InChI is InChI=1S/C30H23N3OS/c34-29(31-24-12-5-2-6-13-24)18-16-25-30(21-9-3-1-4-10-21)32-28-17-15-23(20-33(25)28)27-19-22-11-7-8-14-26(22)35-27/h1-15,17,19-20H,16,18H2,(H,31,34). The summed E-state index contributed by atoms with van der Waals surface area (Å²) < 4.78 is 3.42. The van der Waals surface area contributed by atoms with Crippen molar-refractivity contribution >= 4 is 38.7 Å². The topological polar surface area (TPSA) is 46.4 Å². The van der Waals surface area contributed by atoms with Gasteiger partial charge in [0.1, 0.15) is 5.65 Å². The van der Waals surface area contributed by atoms with E-state index in [2.05, 4.69) is 70.5 Å². The first-order valence-corrected chi connectivity index (χ1v) is 12.5. The first-order valence-electron chi connectivity index (χ1n) is 11.6.